The molecule has 40 heavy (non-hydrogen) atoms. The summed E-state index contributed by atoms with van der Waals surface area (Å²) in [4.78, 5) is 29.6. The monoisotopic (exact) mass is 594 g/mol. The predicted molar refractivity (Wildman–Crippen MR) is 156 cm³/mol. The molecule has 0 fully saturated rings. The lowest BCUT2D eigenvalue weighted by Crippen LogP contribution is -2.38. The van der Waals surface area contributed by atoms with Gasteiger partial charge in [0.2, 0.25) is 11.0 Å². The highest BCUT2D eigenvalue weighted by Gasteiger charge is 2.41. The number of methoxy groups -OCH3 is 2. The average molecular weight is 595 g/mol. The molecular weight excluding hydrogens is 569 g/mol. The number of nitriles is 1. The molecule has 1 aliphatic carbocycles. The lowest BCUT2D eigenvalue weighted by molar-refractivity contribution is -0.116. The summed E-state index contributed by atoms with van der Waals surface area (Å²) in [6, 6.07) is 11.3. The second-order valence-electron chi connectivity index (χ2n) is 9.02. The number of anilines is 2. The number of carbonyl (C=O) groups excluding carboxylic acids is 2. The van der Waals surface area contributed by atoms with Crippen LogP contribution in [0.5, 0.6) is 11.5 Å². The highest BCUT2D eigenvalue weighted by molar-refractivity contribution is 8.01. The van der Waals surface area contributed by atoms with Gasteiger partial charge in [-0.05, 0) is 44.0 Å². The van der Waals surface area contributed by atoms with Crippen molar-refractivity contribution < 1.29 is 19.1 Å². The zero-order valence-electron chi connectivity index (χ0n) is 22.0. The molecule has 3 N–H and O–H groups in total. The summed E-state index contributed by atoms with van der Waals surface area (Å²) in [5, 5.41) is 22.0. The first-order valence-electron chi connectivity index (χ1n) is 12.3. The van der Waals surface area contributed by atoms with E-state index in [1.807, 2.05) is 19.1 Å². The molecule has 1 atom stereocenters. The SMILES string of the molecule is COc1ccc(NC(=O)CSc2nnc(N3C(N)=C(C#N)C(c4ccc(C)s4)C4=C3CCCC4=O)s2)c(OC)c1. The van der Waals surface area contributed by atoms with Crippen molar-refractivity contribution in [3.63, 3.8) is 0 Å². The van der Waals surface area contributed by atoms with E-state index in [0.29, 0.717) is 57.1 Å². The molecule has 1 aromatic carbocycles. The fraction of sp³-hybridized carbons (Fsp3) is 0.296. The number of nitrogens with one attached hydrogen (secondary N) is 1. The highest BCUT2D eigenvalue weighted by atomic mass is 32.2. The smallest absolute Gasteiger partial charge is 0.234 e. The van der Waals surface area contributed by atoms with Crippen molar-refractivity contribution in [3.8, 4) is 17.6 Å². The molecule has 1 aliphatic heterocycles. The third-order valence-electron chi connectivity index (χ3n) is 6.56. The van der Waals surface area contributed by atoms with E-state index < -0.39 is 5.92 Å². The van der Waals surface area contributed by atoms with Gasteiger partial charge in [-0.15, -0.1) is 21.5 Å². The summed E-state index contributed by atoms with van der Waals surface area (Å²) in [6.45, 7) is 1.99. The van der Waals surface area contributed by atoms with Gasteiger partial charge in [-0.25, -0.2) is 0 Å². The Labute approximate surface area is 243 Å². The maximum absolute atomic E-state index is 13.2. The van der Waals surface area contributed by atoms with Crippen molar-refractivity contribution in [1.29, 1.82) is 5.26 Å². The first kappa shape index (κ1) is 27.7. The molecule has 206 valence electrons. The van der Waals surface area contributed by atoms with Crippen LogP contribution in [0, 0.1) is 18.3 Å². The zero-order chi connectivity index (χ0) is 28.4. The number of ether oxygens (including phenoxy) is 2. The molecule has 0 spiro atoms. The van der Waals surface area contributed by atoms with Crippen LogP contribution in [-0.2, 0) is 9.59 Å². The topological polar surface area (TPSA) is 143 Å². The molecule has 13 heteroatoms. The highest BCUT2D eigenvalue weighted by Crippen LogP contribution is 2.48. The van der Waals surface area contributed by atoms with Crippen LogP contribution in [-0.4, -0.2) is 41.9 Å². The van der Waals surface area contributed by atoms with Crippen LogP contribution in [0.15, 0.2) is 57.3 Å². The number of thiophene rings is 1. The van der Waals surface area contributed by atoms with E-state index in [1.54, 1.807) is 41.5 Å². The standard InChI is InChI=1S/C27H26N6O4S3/c1-14-7-10-21(39-14)23-16(12-28)25(29)33(18-5-4-6-19(34)24(18)23)26-31-32-27(40-26)38-13-22(35)30-17-9-8-15(36-2)11-20(17)37-3/h7-11,23H,4-6,13,29H2,1-3H3,(H,30,35). The Hall–Kier alpha value is -3.86. The fourth-order valence-electron chi connectivity index (χ4n) is 4.76. The van der Waals surface area contributed by atoms with E-state index in [0.717, 1.165) is 15.5 Å². The van der Waals surface area contributed by atoms with Crippen LogP contribution in [0.2, 0.25) is 0 Å². The number of rotatable bonds is 8. The van der Waals surface area contributed by atoms with Crippen LogP contribution < -0.4 is 25.4 Å². The Kier molecular flexibility index (Phi) is 8.11. The quantitative estimate of drug-likeness (QED) is 0.343. The Bertz CT molecular complexity index is 1580. The second-order valence-corrected chi connectivity index (χ2v) is 12.5. The molecule has 2 aliphatic rings. The normalized spacial score (nSPS) is 17.0. The van der Waals surface area contributed by atoms with Crippen LogP contribution in [0.3, 0.4) is 0 Å². The molecule has 0 bridgehead atoms. The third-order valence-corrected chi connectivity index (χ3v) is 9.66. The van der Waals surface area contributed by atoms with Crippen molar-refractivity contribution in [2.24, 2.45) is 5.73 Å². The van der Waals surface area contributed by atoms with Gasteiger partial charge in [0, 0.05) is 33.5 Å². The number of carbonyl (C=O) groups is 2. The van der Waals surface area contributed by atoms with Gasteiger partial charge in [-0.3, -0.25) is 14.5 Å². The minimum atomic E-state index is -0.483. The average Bonchev–Trinajstić information content (AvgIpc) is 3.60. The van der Waals surface area contributed by atoms with Gasteiger partial charge in [0.05, 0.1) is 43.2 Å². The number of ketones is 1. The molecule has 5 rings (SSSR count). The van der Waals surface area contributed by atoms with Crippen molar-refractivity contribution in [3.05, 3.63) is 62.8 Å². The van der Waals surface area contributed by atoms with Gasteiger partial charge in [0.25, 0.3) is 0 Å². The lowest BCUT2D eigenvalue weighted by Gasteiger charge is -2.37. The number of nitrogens with two attached hydrogens (primary N) is 1. The predicted octanol–water partition coefficient (Wildman–Crippen LogP) is 4.96. The first-order valence-corrected chi connectivity index (χ1v) is 15.0. The van der Waals surface area contributed by atoms with Gasteiger partial charge in [-0.1, -0.05) is 23.1 Å². The summed E-state index contributed by atoms with van der Waals surface area (Å²) in [7, 11) is 3.08. The largest absolute Gasteiger partial charge is 0.497 e. The van der Waals surface area contributed by atoms with Gasteiger partial charge in [0.15, 0.2) is 10.1 Å². The van der Waals surface area contributed by atoms with E-state index in [1.165, 1.54) is 30.2 Å². The van der Waals surface area contributed by atoms with Gasteiger partial charge >= 0.3 is 0 Å². The number of amides is 1. The number of allylic oxidation sites excluding steroid dienone is 3. The number of aryl methyl sites for hydroxylation is 1. The third kappa shape index (κ3) is 5.30. The van der Waals surface area contributed by atoms with Crippen molar-refractivity contribution >= 4 is 56.9 Å². The molecule has 0 radical (unpaired) electrons. The molecule has 3 heterocycles. The maximum atomic E-state index is 13.2. The zero-order valence-corrected chi connectivity index (χ0v) is 24.5. The number of nitrogens with zero attached hydrogens (tertiary/aromatic N) is 4. The van der Waals surface area contributed by atoms with E-state index >= 15 is 0 Å². The summed E-state index contributed by atoms with van der Waals surface area (Å²) < 4.78 is 11.1. The Balaban J connectivity index is 1.37. The van der Waals surface area contributed by atoms with Crippen LogP contribution >= 0.6 is 34.4 Å². The number of benzene rings is 1. The van der Waals surface area contributed by atoms with E-state index in [4.69, 9.17) is 15.2 Å². The number of hydrogen-bond acceptors (Lipinski definition) is 12. The Morgan fingerprint density at radius 2 is 2.05 bits per heavy atom. The van der Waals surface area contributed by atoms with E-state index in [9.17, 15) is 14.9 Å². The van der Waals surface area contributed by atoms with E-state index in [-0.39, 0.29) is 23.3 Å². The molecule has 0 saturated carbocycles. The Morgan fingerprint density at radius 1 is 1.23 bits per heavy atom. The molecule has 10 nitrogen and oxygen atoms in total. The fourth-order valence-corrected chi connectivity index (χ4v) is 7.44. The number of aromatic nitrogens is 2. The lowest BCUT2D eigenvalue weighted by atomic mass is 9.78. The van der Waals surface area contributed by atoms with Crippen LogP contribution in [0.25, 0.3) is 0 Å². The second kappa shape index (κ2) is 11.7. The van der Waals surface area contributed by atoms with Crippen molar-refractivity contribution in [2.75, 3.05) is 30.2 Å². The summed E-state index contributed by atoms with van der Waals surface area (Å²) in [5.74, 6) is 0.737. The molecular formula is C27H26N6O4S3. The summed E-state index contributed by atoms with van der Waals surface area (Å²) in [6.07, 6.45) is 1.75. The molecule has 0 saturated heterocycles. The molecule has 1 amide bonds. The Morgan fingerprint density at radius 3 is 2.75 bits per heavy atom. The number of Topliss-reactive ketones (excluding diaryl/α,β-unsaturated/α-hetero) is 1. The van der Waals surface area contributed by atoms with Gasteiger partial charge < -0.3 is 20.5 Å². The van der Waals surface area contributed by atoms with Crippen molar-refractivity contribution in [1.82, 2.24) is 10.2 Å². The van der Waals surface area contributed by atoms with Crippen LogP contribution in [0.1, 0.15) is 34.9 Å². The molecule has 1 unspecified atom stereocenters. The number of thioether (sulfide) groups is 1. The number of hydrogen-bond donors (Lipinski definition) is 2. The minimum Gasteiger partial charge on any atom is -0.497 e. The van der Waals surface area contributed by atoms with Gasteiger partial charge in [0.1, 0.15) is 17.3 Å². The summed E-state index contributed by atoms with van der Waals surface area (Å²) >= 11 is 4.04. The molecule has 3 aromatic rings. The first-order chi connectivity index (χ1) is 19.3. The van der Waals surface area contributed by atoms with Gasteiger partial charge in [-0.2, -0.15) is 5.26 Å². The minimum absolute atomic E-state index is 0.0206. The maximum Gasteiger partial charge on any atom is 0.234 e. The molecule has 2 aromatic heterocycles. The van der Waals surface area contributed by atoms with Crippen molar-refractivity contribution in [2.45, 2.75) is 36.4 Å². The van der Waals surface area contributed by atoms with E-state index in [2.05, 4.69) is 21.6 Å². The summed E-state index contributed by atoms with van der Waals surface area (Å²) in [5.41, 5.74) is 8.83. The van der Waals surface area contributed by atoms with Crippen LogP contribution in [0.4, 0.5) is 10.8 Å².